The smallest absolute Gasteiger partial charge is 0.355 e. The molecular formula is C17H20F3N3O. The third-order valence-electron chi connectivity index (χ3n) is 4.48. The van der Waals surface area contributed by atoms with Crippen LogP contribution in [0.15, 0.2) is 24.5 Å². The van der Waals surface area contributed by atoms with Gasteiger partial charge in [0, 0.05) is 31.3 Å². The molecule has 0 spiro atoms. The van der Waals surface area contributed by atoms with Crippen LogP contribution in [0.2, 0.25) is 0 Å². The van der Waals surface area contributed by atoms with Gasteiger partial charge in [-0.25, -0.2) is 4.98 Å². The van der Waals surface area contributed by atoms with E-state index in [1.807, 2.05) is 0 Å². The van der Waals surface area contributed by atoms with E-state index in [4.69, 9.17) is 0 Å². The average molecular weight is 339 g/mol. The SMILES string of the molecule is O=C(NCCc1cn2cc(C(F)(F)F)ccc2n1)C1CCCCC1. The lowest BCUT2D eigenvalue weighted by Crippen LogP contribution is -2.33. The maximum Gasteiger partial charge on any atom is 0.417 e. The number of hydrogen-bond acceptors (Lipinski definition) is 2. The standard InChI is InChI=1S/C17H20F3N3O/c18-17(19,20)13-6-7-15-22-14(11-23(15)10-13)8-9-21-16(24)12-4-2-1-3-5-12/h6-7,10-12H,1-5,8-9H2,(H,21,24). The Hall–Kier alpha value is -2.05. The number of hydrogen-bond donors (Lipinski definition) is 1. The van der Waals surface area contributed by atoms with Crippen molar-refractivity contribution in [2.24, 2.45) is 5.92 Å². The molecule has 2 heterocycles. The minimum Gasteiger partial charge on any atom is -0.355 e. The van der Waals surface area contributed by atoms with Crippen LogP contribution in [0.3, 0.4) is 0 Å². The normalized spacial score (nSPS) is 16.5. The van der Waals surface area contributed by atoms with Crippen molar-refractivity contribution in [1.29, 1.82) is 0 Å². The summed E-state index contributed by atoms with van der Waals surface area (Å²) in [6.07, 6.45) is 4.04. The summed E-state index contributed by atoms with van der Waals surface area (Å²) in [5.74, 6) is 0.187. The van der Waals surface area contributed by atoms with E-state index in [0.29, 0.717) is 24.3 Å². The van der Waals surface area contributed by atoms with Crippen LogP contribution >= 0.6 is 0 Å². The first-order chi connectivity index (χ1) is 11.4. The van der Waals surface area contributed by atoms with Gasteiger partial charge in [0.2, 0.25) is 5.91 Å². The Morgan fingerprint density at radius 1 is 1.21 bits per heavy atom. The summed E-state index contributed by atoms with van der Waals surface area (Å²) in [7, 11) is 0. The number of pyridine rings is 1. The first-order valence-corrected chi connectivity index (χ1v) is 8.26. The molecule has 1 fully saturated rings. The van der Waals surface area contributed by atoms with E-state index in [1.165, 1.54) is 16.9 Å². The molecule has 0 saturated heterocycles. The highest BCUT2D eigenvalue weighted by molar-refractivity contribution is 5.78. The molecule has 1 saturated carbocycles. The van der Waals surface area contributed by atoms with Crippen molar-refractivity contribution in [3.8, 4) is 0 Å². The predicted molar refractivity (Wildman–Crippen MR) is 83.5 cm³/mol. The molecule has 2 aromatic heterocycles. The van der Waals surface area contributed by atoms with Crippen LogP contribution in [-0.4, -0.2) is 21.8 Å². The van der Waals surface area contributed by atoms with Gasteiger partial charge in [0.25, 0.3) is 0 Å². The topological polar surface area (TPSA) is 46.4 Å². The highest BCUT2D eigenvalue weighted by atomic mass is 19.4. The predicted octanol–water partition coefficient (Wildman–Crippen LogP) is 3.59. The molecule has 0 bridgehead atoms. The van der Waals surface area contributed by atoms with Crippen LogP contribution in [0.4, 0.5) is 13.2 Å². The van der Waals surface area contributed by atoms with E-state index in [9.17, 15) is 18.0 Å². The van der Waals surface area contributed by atoms with Gasteiger partial charge in [-0.15, -0.1) is 0 Å². The molecule has 1 aliphatic carbocycles. The van der Waals surface area contributed by atoms with Crippen molar-refractivity contribution in [3.05, 3.63) is 35.8 Å². The Bertz CT molecular complexity index is 717. The lowest BCUT2D eigenvalue weighted by Gasteiger charge is -2.20. The Morgan fingerprint density at radius 3 is 2.67 bits per heavy atom. The number of rotatable bonds is 4. The second kappa shape index (κ2) is 6.83. The first-order valence-electron chi connectivity index (χ1n) is 8.26. The zero-order valence-corrected chi connectivity index (χ0v) is 13.3. The lowest BCUT2D eigenvalue weighted by molar-refractivity contribution is -0.137. The fourth-order valence-corrected chi connectivity index (χ4v) is 3.16. The van der Waals surface area contributed by atoms with Crippen LogP contribution in [0, 0.1) is 5.92 Å². The van der Waals surface area contributed by atoms with Gasteiger partial charge in [-0.3, -0.25) is 4.79 Å². The van der Waals surface area contributed by atoms with Crippen LogP contribution in [0.25, 0.3) is 5.65 Å². The maximum absolute atomic E-state index is 12.7. The summed E-state index contributed by atoms with van der Waals surface area (Å²) in [5.41, 5.74) is 0.430. The van der Waals surface area contributed by atoms with E-state index >= 15 is 0 Å². The van der Waals surface area contributed by atoms with Crippen LogP contribution in [-0.2, 0) is 17.4 Å². The van der Waals surface area contributed by atoms with Crippen molar-refractivity contribution in [2.45, 2.75) is 44.7 Å². The molecule has 1 aliphatic rings. The molecular weight excluding hydrogens is 319 g/mol. The van der Waals surface area contributed by atoms with Gasteiger partial charge in [0.15, 0.2) is 0 Å². The molecule has 3 rings (SSSR count). The minimum absolute atomic E-state index is 0.0813. The van der Waals surface area contributed by atoms with E-state index in [-0.39, 0.29) is 11.8 Å². The average Bonchev–Trinajstić information content (AvgIpc) is 2.96. The number of halogens is 3. The second-order valence-corrected chi connectivity index (χ2v) is 6.29. The zero-order valence-electron chi connectivity index (χ0n) is 13.3. The van der Waals surface area contributed by atoms with Crippen molar-refractivity contribution in [2.75, 3.05) is 6.54 Å². The second-order valence-electron chi connectivity index (χ2n) is 6.29. The van der Waals surface area contributed by atoms with Crippen LogP contribution < -0.4 is 5.32 Å². The number of fused-ring (bicyclic) bond motifs is 1. The lowest BCUT2D eigenvalue weighted by atomic mass is 9.89. The van der Waals surface area contributed by atoms with Crippen molar-refractivity contribution < 1.29 is 18.0 Å². The molecule has 130 valence electrons. The van der Waals surface area contributed by atoms with E-state index < -0.39 is 11.7 Å². The summed E-state index contributed by atoms with van der Waals surface area (Å²) in [4.78, 5) is 16.3. The van der Waals surface area contributed by atoms with Gasteiger partial charge in [0.05, 0.1) is 11.3 Å². The van der Waals surface area contributed by atoms with Gasteiger partial charge < -0.3 is 9.72 Å². The summed E-state index contributed by atoms with van der Waals surface area (Å²) in [6, 6.07) is 2.38. The number of amides is 1. The third kappa shape index (κ3) is 3.88. The molecule has 0 radical (unpaired) electrons. The van der Waals surface area contributed by atoms with Gasteiger partial charge in [-0.05, 0) is 25.0 Å². The number of aromatic nitrogens is 2. The highest BCUT2D eigenvalue weighted by Gasteiger charge is 2.30. The third-order valence-corrected chi connectivity index (χ3v) is 4.48. The number of carbonyl (C=O) groups excluding carboxylic acids is 1. The molecule has 0 unspecified atom stereocenters. The van der Waals surface area contributed by atoms with Crippen LogP contribution in [0.1, 0.15) is 43.4 Å². The summed E-state index contributed by atoms with van der Waals surface area (Å²) >= 11 is 0. The fraction of sp³-hybridized carbons (Fsp3) is 0.529. The van der Waals surface area contributed by atoms with Gasteiger partial charge in [-0.1, -0.05) is 19.3 Å². The Morgan fingerprint density at radius 2 is 1.96 bits per heavy atom. The van der Waals surface area contributed by atoms with Crippen molar-refractivity contribution >= 4 is 11.6 Å². The van der Waals surface area contributed by atoms with E-state index in [1.54, 1.807) is 6.20 Å². The number of nitrogens with one attached hydrogen (secondary N) is 1. The monoisotopic (exact) mass is 339 g/mol. The van der Waals surface area contributed by atoms with Crippen molar-refractivity contribution in [1.82, 2.24) is 14.7 Å². The molecule has 0 aliphatic heterocycles. The van der Waals surface area contributed by atoms with Crippen molar-refractivity contribution in [3.63, 3.8) is 0 Å². The summed E-state index contributed by atoms with van der Waals surface area (Å²) in [6.45, 7) is 0.450. The molecule has 4 nitrogen and oxygen atoms in total. The molecule has 7 heteroatoms. The van der Waals surface area contributed by atoms with Gasteiger partial charge in [-0.2, -0.15) is 13.2 Å². The molecule has 2 aromatic rings. The zero-order chi connectivity index (χ0) is 17.2. The molecule has 0 atom stereocenters. The Labute approximate surface area is 138 Å². The fourth-order valence-electron chi connectivity index (χ4n) is 3.16. The largest absolute Gasteiger partial charge is 0.417 e. The first kappa shape index (κ1) is 16.8. The number of imidazole rings is 1. The number of alkyl halides is 3. The summed E-state index contributed by atoms with van der Waals surface area (Å²) < 4.78 is 39.5. The molecule has 0 aromatic carbocycles. The molecule has 24 heavy (non-hydrogen) atoms. The minimum atomic E-state index is -4.37. The quantitative estimate of drug-likeness (QED) is 0.925. The maximum atomic E-state index is 12.7. The Kier molecular flexibility index (Phi) is 4.78. The van der Waals surface area contributed by atoms with Gasteiger partial charge >= 0.3 is 6.18 Å². The number of carbonyl (C=O) groups is 1. The molecule has 1 amide bonds. The van der Waals surface area contributed by atoms with Crippen LogP contribution in [0.5, 0.6) is 0 Å². The Balaban J connectivity index is 1.58. The van der Waals surface area contributed by atoms with E-state index in [2.05, 4.69) is 10.3 Å². The summed E-state index contributed by atoms with van der Waals surface area (Å²) in [5, 5.41) is 2.91. The number of nitrogens with zero attached hydrogens (tertiary/aromatic N) is 2. The van der Waals surface area contributed by atoms with Gasteiger partial charge in [0.1, 0.15) is 5.65 Å². The highest BCUT2D eigenvalue weighted by Crippen LogP contribution is 2.29. The molecule has 1 N–H and O–H groups in total. The van der Waals surface area contributed by atoms with E-state index in [0.717, 1.165) is 37.9 Å².